The summed E-state index contributed by atoms with van der Waals surface area (Å²) in [7, 11) is 2.08. The molecule has 2 aromatic carbocycles. The van der Waals surface area contributed by atoms with Gasteiger partial charge in [0.05, 0.1) is 0 Å². The molecule has 0 atom stereocenters. The highest BCUT2D eigenvalue weighted by atomic mass is 15.1. The molecule has 0 saturated heterocycles. The van der Waals surface area contributed by atoms with Crippen molar-refractivity contribution < 1.29 is 0 Å². The second kappa shape index (κ2) is 5.23. The maximum absolute atomic E-state index is 5.68. The van der Waals surface area contributed by atoms with Crippen LogP contribution >= 0.6 is 0 Å². The Morgan fingerprint density at radius 2 is 1.67 bits per heavy atom. The summed E-state index contributed by atoms with van der Waals surface area (Å²) in [5.41, 5.74) is 11.8. The van der Waals surface area contributed by atoms with E-state index in [0.29, 0.717) is 6.54 Å². The number of benzene rings is 2. The van der Waals surface area contributed by atoms with Gasteiger partial charge in [0.25, 0.3) is 0 Å². The van der Waals surface area contributed by atoms with Crippen LogP contribution in [0.4, 0.5) is 11.4 Å². The summed E-state index contributed by atoms with van der Waals surface area (Å²) >= 11 is 0. The van der Waals surface area contributed by atoms with E-state index in [1.54, 1.807) is 0 Å². The van der Waals surface area contributed by atoms with Crippen molar-refractivity contribution in [3.8, 4) is 0 Å². The fraction of sp³-hybridized carbons (Fsp3) is 0.250. The molecule has 0 radical (unpaired) electrons. The van der Waals surface area contributed by atoms with Gasteiger partial charge in [-0.05, 0) is 54.8 Å². The number of hydrogen-bond donors (Lipinski definition) is 1. The van der Waals surface area contributed by atoms with Gasteiger partial charge >= 0.3 is 0 Å². The predicted molar refractivity (Wildman–Crippen MR) is 78.3 cm³/mol. The molecule has 94 valence electrons. The summed E-state index contributed by atoms with van der Waals surface area (Å²) < 4.78 is 0. The van der Waals surface area contributed by atoms with E-state index in [1.807, 2.05) is 0 Å². The number of hydrogen-bond acceptors (Lipinski definition) is 2. The van der Waals surface area contributed by atoms with E-state index >= 15 is 0 Å². The Morgan fingerprint density at radius 1 is 0.944 bits per heavy atom. The van der Waals surface area contributed by atoms with Crippen LogP contribution in [-0.2, 0) is 6.54 Å². The number of anilines is 2. The van der Waals surface area contributed by atoms with Gasteiger partial charge in [-0.1, -0.05) is 18.2 Å². The first kappa shape index (κ1) is 12.7. The highest BCUT2D eigenvalue weighted by Gasteiger charge is 2.05. The molecule has 0 aliphatic heterocycles. The molecular weight excluding hydrogens is 220 g/mol. The number of nitrogens with two attached hydrogens (primary N) is 1. The second-order valence-electron chi connectivity index (χ2n) is 4.70. The van der Waals surface area contributed by atoms with E-state index in [9.17, 15) is 0 Å². The fourth-order valence-electron chi connectivity index (χ4n) is 1.98. The van der Waals surface area contributed by atoms with Gasteiger partial charge in [0, 0.05) is 25.0 Å². The summed E-state index contributed by atoms with van der Waals surface area (Å²) in [5.74, 6) is 0. The minimum absolute atomic E-state index is 0.578. The Balaban J connectivity index is 2.34. The third-order valence-electron chi connectivity index (χ3n) is 3.41. The normalized spacial score (nSPS) is 10.4. The van der Waals surface area contributed by atoms with Gasteiger partial charge in [-0.2, -0.15) is 0 Å². The van der Waals surface area contributed by atoms with E-state index in [0.717, 1.165) is 5.56 Å². The number of nitrogens with zero attached hydrogens (tertiary/aromatic N) is 1. The Kier molecular flexibility index (Phi) is 3.68. The predicted octanol–water partition coefficient (Wildman–Crippen LogP) is 3.53. The molecule has 0 spiro atoms. The minimum atomic E-state index is 0.578. The van der Waals surface area contributed by atoms with E-state index in [1.165, 1.54) is 22.5 Å². The zero-order valence-corrected chi connectivity index (χ0v) is 11.3. The van der Waals surface area contributed by atoms with Gasteiger partial charge in [0.1, 0.15) is 0 Å². The van der Waals surface area contributed by atoms with Crippen molar-refractivity contribution in [2.45, 2.75) is 20.4 Å². The zero-order chi connectivity index (χ0) is 13.1. The first-order valence-electron chi connectivity index (χ1n) is 6.22. The van der Waals surface area contributed by atoms with Crippen molar-refractivity contribution in [1.29, 1.82) is 0 Å². The molecule has 0 amide bonds. The summed E-state index contributed by atoms with van der Waals surface area (Å²) in [6.07, 6.45) is 0. The van der Waals surface area contributed by atoms with Gasteiger partial charge in [0.15, 0.2) is 0 Å². The average Bonchev–Trinajstić information content (AvgIpc) is 2.41. The average molecular weight is 240 g/mol. The van der Waals surface area contributed by atoms with Gasteiger partial charge in [0.2, 0.25) is 0 Å². The number of aryl methyl sites for hydroxylation is 2. The molecule has 2 heteroatoms. The van der Waals surface area contributed by atoms with E-state index < -0.39 is 0 Å². The first-order valence-corrected chi connectivity index (χ1v) is 6.22. The third-order valence-corrected chi connectivity index (χ3v) is 3.41. The summed E-state index contributed by atoms with van der Waals surface area (Å²) in [5, 5.41) is 0. The first-order chi connectivity index (χ1) is 8.61. The minimum Gasteiger partial charge on any atom is -0.345 e. The van der Waals surface area contributed by atoms with Gasteiger partial charge in [-0.3, -0.25) is 0 Å². The Hall–Kier alpha value is -1.80. The van der Waals surface area contributed by atoms with Crippen LogP contribution in [0.15, 0.2) is 42.5 Å². The van der Waals surface area contributed by atoms with Gasteiger partial charge in [-0.25, -0.2) is 0 Å². The number of rotatable bonds is 3. The molecule has 0 saturated carbocycles. The molecular formula is C16H20N2. The van der Waals surface area contributed by atoms with Crippen LogP contribution in [0.3, 0.4) is 0 Å². The highest BCUT2D eigenvalue weighted by Crippen LogP contribution is 2.25. The van der Waals surface area contributed by atoms with E-state index in [-0.39, 0.29) is 0 Å². The van der Waals surface area contributed by atoms with Crippen molar-refractivity contribution >= 4 is 11.4 Å². The van der Waals surface area contributed by atoms with Crippen LogP contribution in [0.2, 0.25) is 0 Å². The van der Waals surface area contributed by atoms with Crippen molar-refractivity contribution in [3.05, 3.63) is 59.2 Å². The van der Waals surface area contributed by atoms with Crippen LogP contribution in [0, 0.1) is 13.8 Å². The largest absolute Gasteiger partial charge is 0.345 e. The summed E-state index contributed by atoms with van der Waals surface area (Å²) in [6.45, 7) is 4.85. The van der Waals surface area contributed by atoms with Crippen molar-refractivity contribution in [1.82, 2.24) is 0 Å². The molecule has 0 fully saturated rings. The van der Waals surface area contributed by atoms with Crippen LogP contribution in [-0.4, -0.2) is 7.05 Å². The second-order valence-corrected chi connectivity index (χ2v) is 4.70. The lowest BCUT2D eigenvalue weighted by atomic mass is 10.1. The van der Waals surface area contributed by atoms with Gasteiger partial charge in [-0.15, -0.1) is 0 Å². The summed E-state index contributed by atoms with van der Waals surface area (Å²) in [4.78, 5) is 2.19. The smallest absolute Gasteiger partial charge is 0.0411 e. The van der Waals surface area contributed by atoms with E-state index in [2.05, 4.69) is 68.3 Å². The standard InChI is InChI=1S/C16H20N2/c1-12-7-8-16(9-13(12)2)18(3)15-6-4-5-14(10-15)11-17/h4-10H,11,17H2,1-3H3. The SMILES string of the molecule is Cc1ccc(N(C)c2cccc(CN)c2)cc1C. The summed E-state index contributed by atoms with van der Waals surface area (Å²) in [6, 6.07) is 14.9. The monoisotopic (exact) mass is 240 g/mol. The lowest BCUT2D eigenvalue weighted by Crippen LogP contribution is -2.10. The Labute approximate surface area is 109 Å². The van der Waals surface area contributed by atoms with Crippen molar-refractivity contribution in [2.24, 2.45) is 5.73 Å². The lowest BCUT2D eigenvalue weighted by molar-refractivity contribution is 1.06. The topological polar surface area (TPSA) is 29.3 Å². The van der Waals surface area contributed by atoms with Crippen LogP contribution < -0.4 is 10.6 Å². The van der Waals surface area contributed by atoms with E-state index in [4.69, 9.17) is 5.73 Å². The highest BCUT2D eigenvalue weighted by molar-refractivity contribution is 5.64. The molecule has 0 unspecified atom stereocenters. The molecule has 0 aromatic heterocycles. The quantitative estimate of drug-likeness (QED) is 0.889. The van der Waals surface area contributed by atoms with Crippen LogP contribution in [0.1, 0.15) is 16.7 Å². The zero-order valence-electron chi connectivity index (χ0n) is 11.3. The molecule has 2 N–H and O–H groups in total. The molecule has 0 heterocycles. The molecule has 0 bridgehead atoms. The Bertz CT molecular complexity index is 547. The third kappa shape index (κ3) is 2.54. The maximum atomic E-state index is 5.68. The molecule has 2 nitrogen and oxygen atoms in total. The van der Waals surface area contributed by atoms with Gasteiger partial charge < -0.3 is 10.6 Å². The molecule has 18 heavy (non-hydrogen) atoms. The lowest BCUT2D eigenvalue weighted by Gasteiger charge is -2.21. The van der Waals surface area contributed by atoms with Crippen LogP contribution in [0.25, 0.3) is 0 Å². The molecule has 2 aromatic rings. The van der Waals surface area contributed by atoms with Crippen LogP contribution in [0.5, 0.6) is 0 Å². The van der Waals surface area contributed by atoms with Crippen molar-refractivity contribution in [3.63, 3.8) is 0 Å². The molecule has 0 aliphatic rings. The molecule has 0 aliphatic carbocycles. The molecule has 2 rings (SSSR count). The maximum Gasteiger partial charge on any atom is 0.0411 e. The Morgan fingerprint density at radius 3 is 2.33 bits per heavy atom. The fourth-order valence-corrected chi connectivity index (χ4v) is 1.98. The van der Waals surface area contributed by atoms with Crippen molar-refractivity contribution in [2.75, 3.05) is 11.9 Å².